The van der Waals surface area contributed by atoms with Gasteiger partial charge in [0.2, 0.25) is 5.82 Å². The average Bonchev–Trinajstić information content (AvgIpc) is 3.15. The molecule has 0 amide bonds. The Morgan fingerprint density at radius 2 is 1.78 bits per heavy atom. The van der Waals surface area contributed by atoms with Crippen LogP contribution in [0.15, 0.2) is 47.0 Å². The van der Waals surface area contributed by atoms with Gasteiger partial charge in [0.15, 0.2) is 18.0 Å². The Hall–Kier alpha value is -2.57. The highest BCUT2D eigenvalue weighted by molar-refractivity contribution is 6.30. The number of hydrogen-bond acceptors (Lipinski definition) is 5. The predicted molar refractivity (Wildman–Crippen MR) is 103 cm³/mol. The molecule has 6 nitrogen and oxygen atoms in total. The molecular formula is C20H23ClN3O3+. The van der Waals surface area contributed by atoms with E-state index in [1.54, 1.807) is 14.2 Å². The summed E-state index contributed by atoms with van der Waals surface area (Å²) < 4.78 is 16.0. The lowest BCUT2D eigenvalue weighted by Crippen LogP contribution is -3.07. The third-order valence-electron chi connectivity index (χ3n) is 4.31. The van der Waals surface area contributed by atoms with Crippen molar-refractivity contribution in [2.24, 2.45) is 0 Å². The monoisotopic (exact) mass is 388 g/mol. The van der Waals surface area contributed by atoms with Gasteiger partial charge < -0.3 is 18.9 Å². The number of nitrogens with zero attached hydrogens (tertiary/aromatic N) is 2. The van der Waals surface area contributed by atoms with Gasteiger partial charge in [-0.25, -0.2) is 0 Å². The van der Waals surface area contributed by atoms with Gasteiger partial charge in [0, 0.05) is 17.0 Å². The molecule has 0 aliphatic rings. The van der Waals surface area contributed by atoms with Gasteiger partial charge in [-0.15, -0.1) is 0 Å². The van der Waals surface area contributed by atoms with E-state index in [-0.39, 0.29) is 0 Å². The van der Waals surface area contributed by atoms with E-state index in [4.69, 9.17) is 25.6 Å². The molecule has 0 radical (unpaired) electrons. The van der Waals surface area contributed by atoms with E-state index in [0.29, 0.717) is 23.3 Å². The molecular weight excluding hydrogens is 366 g/mol. The van der Waals surface area contributed by atoms with Crippen molar-refractivity contribution in [3.05, 3.63) is 58.9 Å². The van der Waals surface area contributed by atoms with Crippen molar-refractivity contribution in [2.75, 3.05) is 27.8 Å². The van der Waals surface area contributed by atoms with E-state index < -0.39 is 0 Å². The quantitative estimate of drug-likeness (QED) is 0.642. The fraction of sp³-hybridized carbons (Fsp3) is 0.300. The second kappa shape index (κ2) is 8.88. The number of ether oxygens (including phenoxy) is 2. The molecule has 1 unspecified atom stereocenters. The minimum Gasteiger partial charge on any atom is -0.493 e. The highest BCUT2D eigenvalue weighted by Crippen LogP contribution is 2.27. The fourth-order valence-electron chi connectivity index (χ4n) is 2.78. The number of rotatable bonds is 8. The Morgan fingerprint density at radius 3 is 2.48 bits per heavy atom. The summed E-state index contributed by atoms with van der Waals surface area (Å²) in [4.78, 5) is 5.75. The zero-order valence-corrected chi connectivity index (χ0v) is 16.4. The highest BCUT2D eigenvalue weighted by Gasteiger charge is 2.14. The van der Waals surface area contributed by atoms with E-state index in [0.717, 1.165) is 30.0 Å². The normalized spacial score (nSPS) is 12.0. The van der Waals surface area contributed by atoms with E-state index in [1.165, 1.54) is 10.5 Å². The van der Waals surface area contributed by atoms with Crippen LogP contribution in [0.5, 0.6) is 11.5 Å². The van der Waals surface area contributed by atoms with Gasteiger partial charge >= 0.3 is 0 Å². The molecule has 3 aromatic rings. The number of quaternary nitrogens is 1. The molecule has 2 aromatic carbocycles. The van der Waals surface area contributed by atoms with Gasteiger partial charge in [-0.05, 0) is 42.0 Å². The first-order valence-electron chi connectivity index (χ1n) is 8.69. The van der Waals surface area contributed by atoms with Crippen LogP contribution in [-0.2, 0) is 13.0 Å². The summed E-state index contributed by atoms with van der Waals surface area (Å²) in [5, 5.41) is 4.74. The number of methoxy groups -OCH3 is 2. The lowest BCUT2D eigenvalue weighted by Gasteiger charge is -2.13. The number of aromatic nitrogens is 2. The van der Waals surface area contributed by atoms with Crippen LogP contribution in [0, 0.1) is 0 Å². The lowest BCUT2D eigenvalue weighted by atomic mass is 10.1. The first-order valence-corrected chi connectivity index (χ1v) is 9.07. The van der Waals surface area contributed by atoms with Gasteiger partial charge in [-0.2, -0.15) is 4.98 Å². The molecule has 0 fully saturated rings. The largest absolute Gasteiger partial charge is 0.493 e. The summed E-state index contributed by atoms with van der Waals surface area (Å²) in [6.07, 6.45) is 0.907. The van der Waals surface area contributed by atoms with Crippen molar-refractivity contribution in [2.45, 2.75) is 13.0 Å². The number of likely N-dealkylation sites (N-methyl/N-ethyl adjacent to an activating group) is 1. The van der Waals surface area contributed by atoms with E-state index >= 15 is 0 Å². The van der Waals surface area contributed by atoms with Gasteiger partial charge in [-0.3, -0.25) is 0 Å². The molecule has 0 aliphatic heterocycles. The smallest absolute Gasteiger partial charge is 0.282 e. The Labute approximate surface area is 163 Å². The molecule has 27 heavy (non-hydrogen) atoms. The summed E-state index contributed by atoms with van der Waals surface area (Å²) >= 11 is 5.91. The van der Waals surface area contributed by atoms with Crippen molar-refractivity contribution in [3.8, 4) is 22.9 Å². The Morgan fingerprint density at radius 1 is 1.04 bits per heavy atom. The van der Waals surface area contributed by atoms with Crippen LogP contribution >= 0.6 is 11.6 Å². The van der Waals surface area contributed by atoms with Gasteiger partial charge in [0.05, 0.1) is 27.8 Å². The summed E-state index contributed by atoms with van der Waals surface area (Å²) in [7, 11) is 5.39. The maximum atomic E-state index is 5.91. The Bertz CT molecular complexity index is 880. The second-order valence-corrected chi connectivity index (χ2v) is 6.78. The molecule has 1 aromatic heterocycles. The standard InChI is InChI=1S/C20H22ClN3O3/c1-24(11-10-14-4-9-17(25-2)18(12-14)26-3)13-19-22-20(23-27-19)15-5-7-16(21)8-6-15/h4-9,12H,10-11,13H2,1-3H3/p+1. The van der Waals surface area contributed by atoms with Crippen molar-refractivity contribution < 1.29 is 18.9 Å². The molecule has 1 N–H and O–H groups in total. The summed E-state index contributed by atoms with van der Waals surface area (Å²) in [5.41, 5.74) is 2.08. The third-order valence-corrected chi connectivity index (χ3v) is 4.56. The summed E-state index contributed by atoms with van der Waals surface area (Å²) in [6.45, 7) is 1.59. The Balaban J connectivity index is 1.57. The van der Waals surface area contributed by atoms with Crippen LogP contribution in [0.25, 0.3) is 11.4 Å². The highest BCUT2D eigenvalue weighted by atomic mass is 35.5. The van der Waals surface area contributed by atoms with Crippen molar-refractivity contribution in [1.29, 1.82) is 0 Å². The molecule has 0 bridgehead atoms. The van der Waals surface area contributed by atoms with Crippen molar-refractivity contribution in [3.63, 3.8) is 0 Å². The van der Waals surface area contributed by atoms with Gasteiger partial charge in [-0.1, -0.05) is 22.8 Å². The molecule has 0 spiro atoms. The SMILES string of the molecule is COc1ccc(CC[NH+](C)Cc2nc(-c3ccc(Cl)cc3)no2)cc1OC. The summed E-state index contributed by atoms with van der Waals surface area (Å²) in [5.74, 6) is 2.68. The van der Waals surface area contributed by atoms with Gasteiger partial charge in [0.1, 0.15) is 0 Å². The first kappa shape index (κ1) is 19.2. The van der Waals surface area contributed by atoms with E-state index in [1.807, 2.05) is 36.4 Å². The molecule has 0 saturated heterocycles. The molecule has 1 heterocycles. The van der Waals surface area contributed by atoms with Gasteiger partial charge in [0.25, 0.3) is 5.89 Å². The van der Waals surface area contributed by atoms with E-state index in [9.17, 15) is 0 Å². The molecule has 0 aliphatic carbocycles. The maximum Gasteiger partial charge on any atom is 0.282 e. The first-order chi connectivity index (χ1) is 13.1. The van der Waals surface area contributed by atoms with Crippen LogP contribution < -0.4 is 14.4 Å². The number of nitrogens with one attached hydrogen (secondary N) is 1. The zero-order chi connectivity index (χ0) is 19.2. The van der Waals surface area contributed by atoms with Crippen LogP contribution in [0.1, 0.15) is 11.5 Å². The molecule has 0 saturated carbocycles. The molecule has 1 atom stereocenters. The minimum atomic E-state index is 0.578. The fourth-order valence-corrected chi connectivity index (χ4v) is 2.91. The number of benzene rings is 2. The van der Waals surface area contributed by atoms with E-state index in [2.05, 4.69) is 23.3 Å². The number of halogens is 1. The molecule has 142 valence electrons. The molecule has 3 rings (SSSR count). The maximum absolute atomic E-state index is 5.91. The average molecular weight is 389 g/mol. The number of hydrogen-bond donors (Lipinski definition) is 1. The van der Waals surface area contributed by atoms with Crippen LogP contribution in [0.3, 0.4) is 0 Å². The minimum absolute atomic E-state index is 0.578. The zero-order valence-electron chi connectivity index (χ0n) is 15.7. The molecule has 7 heteroatoms. The van der Waals surface area contributed by atoms with Crippen LogP contribution in [-0.4, -0.2) is 38.0 Å². The van der Waals surface area contributed by atoms with Crippen molar-refractivity contribution >= 4 is 11.6 Å². The predicted octanol–water partition coefficient (Wildman–Crippen LogP) is 2.66. The topological polar surface area (TPSA) is 61.8 Å². The lowest BCUT2D eigenvalue weighted by molar-refractivity contribution is -0.894. The van der Waals surface area contributed by atoms with Crippen LogP contribution in [0.2, 0.25) is 5.02 Å². The van der Waals surface area contributed by atoms with Crippen molar-refractivity contribution in [1.82, 2.24) is 10.1 Å². The Kier molecular flexibility index (Phi) is 6.32. The third kappa shape index (κ3) is 4.99. The summed E-state index contributed by atoms with van der Waals surface area (Å²) in [6, 6.07) is 13.4. The van der Waals surface area contributed by atoms with Crippen LogP contribution in [0.4, 0.5) is 0 Å². The second-order valence-electron chi connectivity index (χ2n) is 6.34.